The van der Waals surface area contributed by atoms with Crippen LogP contribution in [0.1, 0.15) is 48.0 Å². The molecule has 0 spiro atoms. The Morgan fingerprint density at radius 1 is 0.955 bits per heavy atom. The van der Waals surface area contributed by atoms with E-state index in [2.05, 4.69) is 10.6 Å². The summed E-state index contributed by atoms with van der Waals surface area (Å²) in [6.07, 6.45) is -0.596. The first-order chi connectivity index (χ1) is 10.0. The Kier molecular flexibility index (Phi) is 8.37. The lowest BCUT2D eigenvalue weighted by Crippen LogP contribution is -2.53. The van der Waals surface area contributed by atoms with Crippen molar-refractivity contribution in [2.45, 2.75) is 66.2 Å². The van der Waals surface area contributed by atoms with Crippen LogP contribution < -0.4 is 10.6 Å². The van der Waals surface area contributed by atoms with E-state index in [1.165, 1.54) is 13.8 Å². The highest BCUT2D eigenvalue weighted by Gasteiger charge is 2.28. The van der Waals surface area contributed by atoms with Gasteiger partial charge in [-0.1, -0.05) is 13.8 Å². The summed E-state index contributed by atoms with van der Waals surface area (Å²) < 4.78 is 4.98. The second-order valence-corrected chi connectivity index (χ2v) is 5.84. The zero-order valence-corrected chi connectivity index (χ0v) is 14.1. The van der Waals surface area contributed by atoms with Gasteiger partial charge in [0.15, 0.2) is 5.78 Å². The quantitative estimate of drug-likeness (QED) is 0.638. The first-order valence-corrected chi connectivity index (χ1v) is 7.32. The predicted octanol–water partition coefficient (Wildman–Crippen LogP) is 0.563. The molecular weight excluding hydrogens is 288 g/mol. The number of Topliss-reactive ketones (excluding diaryl/α,β-unsaturated/α-hetero) is 1. The van der Waals surface area contributed by atoms with Crippen molar-refractivity contribution in [3.63, 3.8) is 0 Å². The Balaban J connectivity index is 4.93. The molecule has 0 saturated heterocycles. The van der Waals surface area contributed by atoms with E-state index < -0.39 is 29.9 Å². The smallest absolute Gasteiger partial charge is 0.308 e. The van der Waals surface area contributed by atoms with Crippen LogP contribution in [-0.4, -0.2) is 41.8 Å². The van der Waals surface area contributed by atoms with E-state index in [1.54, 1.807) is 27.7 Å². The molecule has 0 rings (SSSR count). The van der Waals surface area contributed by atoms with E-state index in [1.807, 2.05) is 0 Å². The second kappa shape index (κ2) is 9.17. The molecule has 0 radical (unpaired) electrons. The number of hydrogen-bond donors (Lipinski definition) is 2. The van der Waals surface area contributed by atoms with Crippen molar-refractivity contribution in [1.29, 1.82) is 0 Å². The lowest BCUT2D eigenvalue weighted by molar-refractivity contribution is -0.149. The lowest BCUT2D eigenvalue weighted by Gasteiger charge is -2.23. The number of carbonyl (C=O) groups excluding carboxylic acids is 4. The van der Waals surface area contributed by atoms with Crippen LogP contribution in [0, 0.1) is 5.92 Å². The van der Waals surface area contributed by atoms with Gasteiger partial charge in [0.1, 0.15) is 6.04 Å². The Hall–Kier alpha value is -1.92. The summed E-state index contributed by atoms with van der Waals surface area (Å²) >= 11 is 0. The van der Waals surface area contributed by atoms with Gasteiger partial charge in [-0.2, -0.15) is 0 Å². The summed E-state index contributed by atoms with van der Waals surface area (Å²) in [5.74, 6) is -1.89. The van der Waals surface area contributed by atoms with Crippen molar-refractivity contribution in [3.05, 3.63) is 0 Å². The average Bonchev–Trinajstić information content (AvgIpc) is 2.32. The molecular formula is C15H26N2O5. The third kappa shape index (κ3) is 7.75. The molecule has 7 heteroatoms. The van der Waals surface area contributed by atoms with E-state index >= 15 is 0 Å². The van der Waals surface area contributed by atoms with Gasteiger partial charge >= 0.3 is 5.97 Å². The van der Waals surface area contributed by atoms with Crippen LogP contribution in [0.4, 0.5) is 0 Å². The highest BCUT2D eigenvalue weighted by Crippen LogP contribution is 2.05. The molecule has 0 fully saturated rings. The normalized spacial score (nSPS) is 13.5. The zero-order valence-electron chi connectivity index (χ0n) is 14.1. The average molecular weight is 314 g/mol. The number of amides is 2. The Bertz CT molecular complexity index is 432. The summed E-state index contributed by atoms with van der Waals surface area (Å²) in [6.45, 7) is 9.61. The minimum atomic E-state index is -1.07. The van der Waals surface area contributed by atoms with Gasteiger partial charge < -0.3 is 15.4 Å². The molecule has 7 nitrogen and oxygen atoms in total. The van der Waals surface area contributed by atoms with Crippen LogP contribution in [0.2, 0.25) is 0 Å². The molecule has 0 aliphatic heterocycles. The Morgan fingerprint density at radius 2 is 1.50 bits per heavy atom. The highest BCUT2D eigenvalue weighted by atomic mass is 16.5. The summed E-state index contributed by atoms with van der Waals surface area (Å²) in [5.41, 5.74) is 0. The van der Waals surface area contributed by atoms with Gasteiger partial charge in [-0.3, -0.25) is 19.2 Å². The maximum absolute atomic E-state index is 12.2. The van der Waals surface area contributed by atoms with Gasteiger partial charge in [0.2, 0.25) is 11.8 Å². The van der Waals surface area contributed by atoms with Gasteiger partial charge in [0.05, 0.1) is 18.6 Å². The van der Waals surface area contributed by atoms with E-state index in [4.69, 9.17) is 4.74 Å². The van der Waals surface area contributed by atoms with Gasteiger partial charge in [-0.15, -0.1) is 0 Å². The molecule has 0 aromatic heterocycles. The number of nitrogens with one attached hydrogen (secondary N) is 2. The molecule has 0 saturated carbocycles. The zero-order chi connectivity index (χ0) is 17.4. The fourth-order valence-corrected chi connectivity index (χ4v) is 1.92. The molecule has 0 bridgehead atoms. The Morgan fingerprint density at radius 3 is 1.86 bits per heavy atom. The fraction of sp³-hybridized carbons (Fsp3) is 0.733. The molecule has 0 aliphatic carbocycles. The third-order valence-electron chi connectivity index (χ3n) is 2.83. The lowest BCUT2D eigenvalue weighted by atomic mass is 10.00. The molecule has 0 aromatic rings. The maximum Gasteiger partial charge on any atom is 0.308 e. The van der Waals surface area contributed by atoms with Gasteiger partial charge in [-0.05, 0) is 26.7 Å². The van der Waals surface area contributed by atoms with Crippen LogP contribution >= 0.6 is 0 Å². The number of esters is 1. The van der Waals surface area contributed by atoms with Gasteiger partial charge in [-0.25, -0.2) is 0 Å². The van der Waals surface area contributed by atoms with Crippen molar-refractivity contribution in [2.24, 2.45) is 5.92 Å². The number of hydrogen-bond acceptors (Lipinski definition) is 5. The van der Waals surface area contributed by atoms with E-state index in [0.29, 0.717) is 0 Å². The molecule has 0 aromatic carbocycles. The van der Waals surface area contributed by atoms with E-state index in [9.17, 15) is 19.2 Å². The first-order valence-electron chi connectivity index (χ1n) is 7.32. The van der Waals surface area contributed by atoms with E-state index in [0.717, 1.165) is 0 Å². The van der Waals surface area contributed by atoms with Crippen molar-refractivity contribution >= 4 is 23.6 Å². The monoisotopic (exact) mass is 314 g/mol. The van der Waals surface area contributed by atoms with Crippen LogP contribution in [0.5, 0.6) is 0 Å². The number of ketones is 1. The molecule has 22 heavy (non-hydrogen) atoms. The van der Waals surface area contributed by atoms with Crippen molar-refractivity contribution in [2.75, 3.05) is 0 Å². The maximum atomic E-state index is 12.2. The molecule has 2 amide bonds. The first kappa shape index (κ1) is 20.1. The van der Waals surface area contributed by atoms with Crippen LogP contribution in [0.15, 0.2) is 0 Å². The minimum absolute atomic E-state index is 0.0953. The molecule has 126 valence electrons. The molecule has 2 atom stereocenters. The predicted molar refractivity (Wildman–Crippen MR) is 80.9 cm³/mol. The molecule has 0 heterocycles. The minimum Gasteiger partial charge on any atom is -0.463 e. The number of ether oxygens (including phenoxy) is 1. The molecule has 2 N–H and O–H groups in total. The number of carbonyl (C=O) groups is 4. The van der Waals surface area contributed by atoms with Gasteiger partial charge in [0, 0.05) is 6.92 Å². The van der Waals surface area contributed by atoms with Crippen LogP contribution in [-0.2, 0) is 23.9 Å². The van der Waals surface area contributed by atoms with Crippen molar-refractivity contribution in [1.82, 2.24) is 10.6 Å². The highest BCUT2D eigenvalue weighted by molar-refractivity contribution is 5.93. The van der Waals surface area contributed by atoms with Crippen LogP contribution in [0.25, 0.3) is 0 Å². The SMILES string of the molecule is CC(=O)NC(CC(=O)OC(C)C)C(=O)NC(C(C)=O)C(C)C. The third-order valence-corrected chi connectivity index (χ3v) is 2.83. The molecule has 2 unspecified atom stereocenters. The summed E-state index contributed by atoms with van der Waals surface area (Å²) in [5, 5.41) is 4.97. The largest absolute Gasteiger partial charge is 0.463 e. The number of rotatable bonds is 8. The van der Waals surface area contributed by atoms with Crippen molar-refractivity contribution in [3.8, 4) is 0 Å². The summed E-state index contributed by atoms with van der Waals surface area (Å²) in [6, 6.07) is -1.73. The topological polar surface area (TPSA) is 102 Å². The van der Waals surface area contributed by atoms with E-state index in [-0.39, 0.29) is 24.2 Å². The standard InChI is InChI=1S/C15H26N2O5/c1-8(2)14(10(5)18)17-15(21)12(16-11(6)19)7-13(20)22-9(3)4/h8-9,12,14H,7H2,1-6H3,(H,16,19)(H,17,21). The molecule has 0 aliphatic rings. The fourth-order valence-electron chi connectivity index (χ4n) is 1.92. The Labute approximate surface area is 131 Å². The van der Waals surface area contributed by atoms with Crippen molar-refractivity contribution < 1.29 is 23.9 Å². The van der Waals surface area contributed by atoms with Gasteiger partial charge in [0.25, 0.3) is 0 Å². The van der Waals surface area contributed by atoms with Crippen LogP contribution in [0.3, 0.4) is 0 Å². The summed E-state index contributed by atoms with van der Waals surface area (Å²) in [4.78, 5) is 46.7. The second-order valence-electron chi connectivity index (χ2n) is 5.84. The summed E-state index contributed by atoms with van der Waals surface area (Å²) in [7, 11) is 0.